The first-order valence-corrected chi connectivity index (χ1v) is 7.62. The van der Waals surface area contributed by atoms with Crippen LogP contribution in [0.4, 0.5) is 0 Å². The molecule has 1 aliphatic carbocycles. The van der Waals surface area contributed by atoms with Crippen LogP contribution >= 0.6 is 0 Å². The molecule has 0 aromatic heterocycles. The van der Waals surface area contributed by atoms with Crippen LogP contribution in [0.2, 0.25) is 0 Å². The average Bonchev–Trinajstić information content (AvgIpc) is 3.16. The van der Waals surface area contributed by atoms with Crippen molar-refractivity contribution in [3.8, 4) is 6.07 Å². The van der Waals surface area contributed by atoms with Gasteiger partial charge in [-0.25, -0.2) is 0 Å². The van der Waals surface area contributed by atoms with Gasteiger partial charge >= 0.3 is 0 Å². The van der Waals surface area contributed by atoms with Crippen LogP contribution in [0.1, 0.15) is 46.0 Å². The standard InChI is InChI=1S/C15H27N3/c1-3-8-17-15(11-16,14-5-6-14)12-18-9-7-13(4-2)10-18/h13-14,17H,3-10,12H2,1-2H3. The molecule has 1 N–H and O–H groups in total. The van der Waals surface area contributed by atoms with Crippen LogP contribution in [0.3, 0.4) is 0 Å². The molecule has 3 nitrogen and oxygen atoms in total. The van der Waals surface area contributed by atoms with E-state index in [0.717, 1.165) is 25.4 Å². The maximum atomic E-state index is 9.66. The second kappa shape index (κ2) is 6.04. The Morgan fingerprint density at radius 2 is 2.11 bits per heavy atom. The van der Waals surface area contributed by atoms with E-state index in [2.05, 4.69) is 30.1 Å². The first-order valence-electron chi connectivity index (χ1n) is 7.62. The Morgan fingerprint density at radius 3 is 2.61 bits per heavy atom. The van der Waals surface area contributed by atoms with Gasteiger partial charge in [-0.15, -0.1) is 0 Å². The zero-order valence-corrected chi connectivity index (χ0v) is 11.9. The first-order chi connectivity index (χ1) is 8.74. The summed E-state index contributed by atoms with van der Waals surface area (Å²) in [5.74, 6) is 1.45. The van der Waals surface area contributed by atoms with Gasteiger partial charge in [0.25, 0.3) is 0 Å². The van der Waals surface area contributed by atoms with Crippen molar-refractivity contribution in [1.29, 1.82) is 5.26 Å². The fraction of sp³-hybridized carbons (Fsp3) is 0.933. The maximum absolute atomic E-state index is 9.66. The minimum absolute atomic E-state index is 0.265. The predicted octanol–water partition coefficient (Wildman–Crippen LogP) is 2.39. The fourth-order valence-electron chi connectivity index (χ4n) is 3.16. The lowest BCUT2D eigenvalue weighted by Gasteiger charge is -2.32. The number of hydrogen-bond donors (Lipinski definition) is 1. The normalized spacial score (nSPS) is 27.9. The molecule has 0 amide bonds. The van der Waals surface area contributed by atoms with E-state index < -0.39 is 0 Å². The summed E-state index contributed by atoms with van der Waals surface area (Å²) in [5.41, 5.74) is -0.265. The van der Waals surface area contributed by atoms with Gasteiger partial charge in [-0.05, 0) is 50.6 Å². The van der Waals surface area contributed by atoms with E-state index in [-0.39, 0.29) is 5.54 Å². The molecular weight excluding hydrogens is 222 g/mol. The van der Waals surface area contributed by atoms with Crippen LogP contribution < -0.4 is 5.32 Å². The van der Waals surface area contributed by atoms with Gasteiger partial charge in [0.15, 0.2) is 0 Å². The molecule has 0 aromatic carbocycles. The second-order valence-electron chi connectivity index (χ2n) is 6.08. The lowest BCUT2D eigenvalue weighted by molar-refractivity contribution is 0.222. The lowest BCUT2D eigenvalue weighted by atomic mass is 9.94. The molecule has 0 bridgehead atoms. The van der Waals surface area contributed by atoms with E-state index >= 15 is 0 Å². The van der Waals surface area contributed by atoms with Crippen molar-refractivity contribution in [3.63, 3.8) is 0 Å². The van der Waals surface area contributed by atoms with Crippen LogP contribution in [0.25, 0.3) is 0 Å². The Kier molecular flexibility index (Phi) is 4.64. The van der Waals surface area contributed by atoms with Crippen molar-refractivity contribution in [3.05, 3.63) is 0 Å². The summed E-state index contributed by atoms with van der Waals surface area (Å²) >= 11 is 0. The van der Waals surface area contributed by atoms with Crippen LogP contribution in [0, 0.1) is 23.2 Å². The van der Waals surface area contributed by atoms with Crippen LogP contribution in [0.5, 0.6) is 0 Å². The highest BCUT2D eigenvalue weighted by molar-refractivity contribution is 5.17. The molecule has 0 radical (unpaired) electrons. The first kappa shape index (κ1) is 13.8. The molecule has 1 heterocycles. The molecule has 3 heteroatoms. The Hall–Kier alpha value is -0.590. The molecule has 1 saturated carbocycles. The summed E-state index contributed by atoms with van der Waals surface area (Å²) in [6, 6.07) is 2.62. The fourth-order valence-corrected chi connectivity index (χ4v) is 3.16. The summed E-state index contributed by atoms with van der Waals surface area (Å²) in [5, 5.41) is 13.2. The molecule has 2 aliphatic rings. The van der Waals surface area contributed by atoms with Crippen molar-refractivity contribution in [2.75, 3.05) is 26.2 Å². The zero-order valence-electron chi connectivity index (χ0n) is 11.9. The van der Waals surface area contributed by atoms with E-state index in [4.69, 9.17) is 0 Å². The summed E-state index contributed by atoms with van der Waals surface area (Å²) in [6.07, 6.45) is 6.16. The van der Waals surface area contributed by atoms with Gasteiger partial charge < -0.3 is 4.90 Å². The molecule has 2 rings (SSSR count). The molecule has 1 saturated heterocycles. The molecule has 18 heavy (non-hydrogen) atoms. The van der Waals surface area contributed by atoms with Gasteiger partial charge in [-0.3, -0.25) is 5.32 Å². The summed E-state index contributed by atoms with van der Waals surface area (Å²) in [6.45, 7) is 8.73. The highest BCUT2D eigenvalue weighted by Gasteiger charge is 2.46. The molecular formula is C15H27N3. The van der Waals surface area contributed by atoms with Crippen molar-refractivity contribution in [1.82, 2.24) is 10.2 Å². The zero-order chi connectivity index (χ0) is 13.0. The number of nitriles is 1. The van der Waals surface area contributed by atoms with Crippen LogP contribution in [0.15, 0.2) is 0 Å². The summed E-state index contributed by atoms with van der Waals surface area (Å²) in [7, 11) is 0. The molecule has 2 unspecified atom stereocenters. The quantitative estimate of drug-likeness (QED) is 0.753. The SMILES string of the molecule is CCCNC(C#N)(CN1CCC(CC)C1)C1CC1. The average molecular weight is 249 g/mol. The Morgan fingerprint density at radius 1 is 1.33 bits per heavy atom. The van der Waals surface area contributed by atoms with Gasteiger partial charge in [0, 0.05) is 13.1 Å². The lowest BCUT2D eigenvalue weighted by Crippen LogP contribution is -2.54. The van der Waals surface area contributed by atoms with Crippen LogP contribution in [-0.4, -0.2) is 36.6 Å². The molecule has 0 aromatic rings. The van der Waals surface area contributed by atoms with Crippen molar-refractivity contribution >= 4 is 0 Å². The van der Waals surface area contributed by atoms with Gasteiger partial charge in [0.05, 0.1) is 6.07 Å². The third-order valence-corrected chi connectivity index (χ3v) is 4.58. The van der Waals surface area contributed by atoms with Gasteiger partial charge in [-0.2, -0.15) is 5.26 Å². The number of hydrogen-bond acceptors (Lipinski definition) is 3. The van der Waals surface area contributed by atoms with Crippen molar-refractivity contribution in [2.45, 2.75) is 51.5 Å². The van der Waals surface area contributed by atoms with Crippen molar-refractivity contribution < 1.29 is 0 Å². The van der Waals surface area contributed by atoms with E-state index in [9.17, 15) is 5.26 Å². The molecule has 2 fully saturated rings. The molecule has 1 aliphatic heterocycles. The van der Waals surface area contributed by atoms with E-state index in [1.54, 1.807) is 0 Å². The summed E-state index contributed by atoms with van der Waals surface area (Å²) < 4.78 is 0. The van der Waals surface area contributed by atoms with Gasteiger partial charge in [-0.1, -0.05) is 20.3 Å². The van der Waals surface area contributed by atoms with Gasteiger partial charge in [0.1, 0.15) is 5.54 Å². The minimum atomic E-state index is -0.265. The Labute approximate surface area is 112 Å². The van der Waals surface area contributed by atoms with E-state index in [1.165, 1.54) is 38.8 Å². The smallest absolute Gasteiger partial charge is 0.122 e. The highest BCUT2D eigenvalue weighted by atomic mass is 15.2. The Balaban J connectivity index is 1.95. The molecule has 2 atom stereocenters. The largest absolute Gasteiger partial charge is 0.300 e. The number of nitrogens with one attached hydrogen (secondary N) is 1. The highest BCUT2D eigenvalue weighted by Crippen LogP contribution is 2.40. The molecule has 0 spiro atoms. The van der Waals surface area contributed by atoms with E-state index in [0.29, 0.717) is 5.92 Å². The third-order valence-electron chi connectivity index (χ3n) is 4.58. The molecule has 102 valence electrons. The minimum Gasteiger partial charge on any atom is -0.300 e. The second-order valence-corrected chi connectivity index (χ2v) is 6.08. The number of nitrogens with zero attached hydrogens (tertiary/aromatic N) is 2. The maximum Gasteiger partial charge on any atom is 0.122 e. The van der Waals surface area contributed by atoms with Crippen LogP contribution in [-0.2, 0) is 0 Å². The van der Waals surface area contributed by atoms with E-state index in [1.807, 2.05) is 0 Å². The van der Waals surface area contributed by atoms with Crippen molar-refractivity contribution in [2.24, 2.45) is 11.8 Å². The summed E-state index contributed by atoms with van der Waals surface area (Å²) in [4.78, 5) is 2.51. The number of rotatable bonds is 7. The van der Waals surface area contributed by atoms with Gasteiger partial charge in [0.2, 0.25) is 0 Å². The predicted molar refractivity (Wildman–Crippen MR) is 74.2 cm³/mol. The Bertz CT molecular complexity index is 305. The third kappa shape index (κ3) is 3.05. The number of likely N-dealkylation sites (tertiary alicyclic amines) is 1. The monoisotopic (exact) mass is 249 g/mol. The topological polar surface area (TPSA) is 39.1 Å².